The number of nitrogens with two attached hydrogens (primary N) is 1. The summed E-state index contributed by atoms with van der Waals surface area (Å²) in [7, 11) is 1.69. The first-order valence-corrected chi connectivity index (χ1v) is 18.5. The predicted molar refractivity (Wildman–Crippen MR) is 190 cm³/mol. The van der Waals surface area contributed by atoms with E-state index in [0.717, 1.165) is 43.2 Å². The number of imide groups is 1. The van der Waals surface area contributed by atoms with E-state index in [-0.39, 0.29) is 48.9 Å². The van der Waals surface area contributed by atoms with E-state index in [1.54, 1.807) is 37.3 Å². The number of nitrogens with one attached hydrogen (secondary N) is 2. The highest BCUT2D eigenvalue weighted by molar-refractivity contribution is 6.00. The molecule has 282 valence electrons. The molecule has 6 rings (SSSR count). The minimum Gasteiger partial charge on any atom is -0.444 e. The van der Waals surface area contributed by atoms with Crippen LogP contribution in [0.3, 0.4) is 0 Å². The molecule has 1 aromatic carbocycles. The summed E-state index contributed by atoms with van der Waals surface area (Å²) in [5.41, 5.74) is 7.06. The molecule has 1 saturated carbocycles. The number of hydrogen-bond donors (Lipinski definition) is 3. The van der Waals surface area contributed by atoms with Gasteiger partial charge in [0.15, 0.2) is 0 Å². The number of aryl methyl sites for hydroxylation is 1. The number of benzene rings is 1. The van der Waals surface area contributed by atoms with E-state index in [9.17, 15) is 33.6 Å². The minimum absolute atomic E-state index is 0.0167. The second-order valence-corrected chi connectivity index (χ2v) is 16.0. The number of alkyl carbamates (subject to hydrolysis) is 1. The van der Waals surface area contributed by atoms with Gasteiger partial charge >= 0.3 is 11.8 Å². The lowest BCUT2D eigenvalue weighted by molar-refractivity contribution is -0.145. The van der Waals surface area contributed by atoms with Crippen LogP contribution in [0.15, 0.2) is 23.0 Å². The van der Waals surface area contributed by atoms with Gasteiger partial charge in [-0.05, 0) is 108 Å². The molecule has 15 nitrogen and oxygen atoms in total. The van der Waals surface area contributed by atoms with Gasteiger partial charge in [0.2, 0.25) is 29.5 Å². The van der Waals surface area contributed by atoms with Crippen molar-refractivity contribution in [2.75, 3.05) is 13.1 Å². The van der Waals surface area contributed by atoms with Crippen LogP contribution in [0.4, 0.5) is 4.79 Å². The third-order valence-electron chi connectivity index (χ3n) is 11.2. The Kier molecular flexibility index (Phi) is 10.5. The van der Waals surface area contributed by atoms with Gasteiger partial charge in [-0.15, -0.1) is 0 Å². The van der Waals surface area contributed by atoms with Crippen molar-refractivity contribution in [2.24, 2.45) is 24.6 Å². The Morgan fingerprint density at radius 2 is 1.65 bits per heavy atom. The quantitative estimate of drug-likeness (QED) is 0.361. The lowest BCUT2D eigenvalue weighted by Gasteiger charge is -2.39. The van der Waals surface area contributed by atoms with E-state index >= 15 is 0 Å². The smallest absolute Gasteiger partial charge is 0.408 e. The van der Waals surface area contributed by atoms with Crippen LogP contribution in [-0.2, 0) is 42.2 Å². The molecule has 0 bridgehead atoms. The molecule has 0 unspecified atom stereocenters. The molecule has 2 aromatic rings. The van der Waals surface area contributed by atoms with Crippen LogP contribution in [0.2, 0.25) is 0 Å². The number of imidazole rings is 1. The van der Waals surface area contributed by atoms with Gasteiger partial charge < -0.3 is 25.6 Å². The summed E-state index contributed by atoms with van der Waals surface area (Å²) in [6.07, 6.45) is 6.10. The number of nitrogens with zero attached hydrogens (tertiary/aromatic N) is 4. The van der Waals surface area contributed by atoms with E-state index in [1.165, 1.54) is 9.47 Å². The zero-order chi connectivity index (χ0) is 37.5. The van der Waals surface area contributed by atoms with E-state index in [0.29, 0.717) is 43.7 Å². The number of aromatic nitrogens is 2. The van der Waals surface area contributed by atoms with Crippen molar-refractivity contribution >= 4 is 46.7 Å². The highest BCUT2D eigenvalue weighted by Gasteiger charge is 2.45. The number of hydrogen-bond acceptors (Lipinski definition) is 8. The molecule has 52 heavy (non-hydrogen) atoms. The number of primary amides is 1. The maximum absolute atomic E-state index is 13.8. The van der Waals surface area contributed by atoms with Gasteiger partial charge in [0.1, 0.15) is 23.7 Å². The average molecular weight is 722 g/mol. The lowest BCUT2D eigenvalue weighted by atomic mass is 9.78. The third-order valence-corrected chi connectivity index (χ3v) is 11.2. The standard InChI is InChI=1S/C37H51N7O8/c1-37(2,3)52-35(50)39-25-20-42(16-15-24-10-12-27(32(38)47)43(24)34(25)49)31(46)19-22-7-5-21(6-8-22)17-23-9-11-26-29(18-23)41(4)36(51)44(26)28-13-14-30(45)40-33(28)48/h9,11,18,21-22,24-25,27-28H,5-8,10,12-17,19-20H2,1-4H3,(H2,38,47)(H,39,50)(H,40,45,48)/t21?,22?,24-,25+,27+,28+/m1/s1. The molecule has 4 N–H and O–H groups in total. The maximum Gasteiger partial charge on any atom is 0.408 e. The first-order chi connectivity index (χ1) is 24.6. The molecule has 4 aliphatic rings. The average Bonchev–Trinajstić information content (AvgIpc) is 3.60. The fraction of sp³-hybridized carbons (Fsp3) is 0.649. The van der Waals surface area contributed by atoms with Crippen LogP contribution in [0.25, 0.3) is 11.0 Å². The number of ether oxygens (including phenoxy) is 1. The fourth-order valence-electron chi connectivity index (χ4n) is 8.55. The summed E-state index contributed by atoms with van der Waals surface area (Å²) >= 11 is 0. The van der Waals surface area contributed by atoms with E-state index in [1.807, 2.05) is 18.2 Å². The zero-order valence-electron chi connectivity index (χ0n) is 30.5. The topological polar surface area (TPSA) is 195 Å². The second-order valence-electron chi connectivity index (χ2n) is 16.0. The van der Waals surface area contributed by atoms with Crippen molar-refractivity contribution in [3.63, 3.8) is 0 Å². The predicted octanol–water partition coefficient (Wildman–Crippen LogP) is 2.03. The first kappa shape index (κ1) is 37.1. The Hall–Kier alpha value is -4.69. The van der Waals surface area contributed by atoms with E-state index in [2.05, 4.69) is 10.6 Å². The monoisotopic (exact) mass is 721 g/mol. The van der Waals surface area contributed by atoms with Crippen molar-refractivity contribution in [3.05, 3.63) is 34.2 Å². The molecular weight excluding hydrogens is 670 g/mol. The maximum atomic E-state index is 13.8. The van der Waals surface area contributed by atoms with Crippen LogP contribution in [0.1, 0.15) is 96.6 Å². The van der Waals surface area contributed by atoms with Crippen molar-refractivity contribution in [1.82, 2.24) is 29.6 Å². The van der Waals surface area contributed by atoms with Crippen molar-refractivity contribution in [1.29, 1.82) is 0 Å². The zero-order valence-corrected chi connectivity index (χ0v) is 30.5. The summed E-state index contributed by atoms with van der Waals surface area (Å²) in [5, 5.41) is 5.02. The molecule has 1 aromatic heterocycles. The Labute approximate surface area is 302 Å². The minimum atomic E-state index is -1.07. The van der Waals surface area contributed by atoms with E-state index < -0.39 is 47.5 Å². The van der Waals surface area contributed by atoms with Gasteiger partial charge in [-0.25, -0.2) is 9.59 Å². The highest BCUT2D eigenvalue weighted by atomic mass is 16.6. The molecule has 4 heterocycles. The van der Waals surface area contributed by atoms with Gasteiger partial charge in [0.05, 0.1) is 17.6 Å². The summed E-state index contributed by atoms with van der Waals surface area (Å²) < 4.78 is 8.47. The van der Waals surface area contributed by atoms with Crippen LogP contribution < -0.4 is 22.1 Å². The van der Waals surface area contributed by atoms with Crippen LogP contribution in [0.5, 0.6) is 0 Å². The normalized spacial score (nSPS) is 27.1. The Bertz CT molecular complexity index is 1820. The van der Waals surface area contributed by atoms with Gasteiger partial charge in [-0.1, -0.05) is 6.07 Å². The molecule has 3 saturated heterocycles. The van der Waals surface area contributed by atoms with Gasteiger partial charge in [-0.2, -0.15) is 0 Å². The molecule has 4 atom stereocenters. The van der Waals surface area contributed by atoms with Gasteiger partial charge in [0, 0.05) is 32.5 Å². The van der Waals surface area contributed by atoms with Crippen LogP contribution in [0, 0.1) is 11.8 Å². The van der Waals surface area contributed by atoms with Crippen molar-refractivity contribution < 1.29 is 33.5 Å². The van der Waals surface area contributed by atoms with Crippen molar-refractivity contribution in [3.8, 4) is 0 Å². The molecule has 6 amide bonds. The number of fused-ring (bicyclic) bond motifs is 2. The summed E-state index contributed by atoms with van der Waals surface area (Å²) in [5.74, 6) is -1.25. The third kappa shape index (κ3) is 7.87. The SMILES string of the molecule is Cn1c(=O)n([C@H]2CCC(=O)NC2=O)c2ccc(CC3CCC(CC(=O)N4CC[C@H]5CC[C@@H](C(N)=O)N5C(=O)[C@@H](NC(=O)OC(C)(C)C)C4)CC3)cc21. The number of rotatable bonds is 7. The summed E-state index contributed by atoms with van der Waals surface area (Å²) in [6, 6.07) is 3.10. The molecule has 0 radical (unpaired) electrons. The summed E-state index contributed by atoms with van der Waals surface area (Å²) in [6.45, 7) is 5.56. The molecule has 15 heteroatoms. The van der Waals surface area contributed by atoms with Gasteiger partial charge in [-0.3, -0.25) is 38.4 Å². The van der Waals surface area contributed by atoms with E-state index in [4.69, 9.17) is 10.5 Å². The summed E-state index contributed by atoms with van der Waals surface area (Å²) in [4.78, 5) is 93.2. The Morgan fingerprint density at radius 3 is 2.33 bits per heavy atom. The molecule has 4 fully saturated rings. The number of carbonyl (C=O) groups excluding carboxylic acids is 6. The highest BCUT2D eigenvalue weighted by Crippen LogP contribution is 2.35. The van der Waals surface area contributed by atoms with Crippen LogP contribution >= 0.6 is 0 Å². The van der Waals surface area contributed by atoms with Gasteiger partial charge in [0.25, 0.3) is 0 Å². The lowest BCUT2D eigenvalue weighted by Crippen LogP contribution is -2.61. The number of carbonyl (C=O) groups is 6. The molecular formula is C37H51N7O8. The van der Waals surface area contributed by atoms with Crippen molar-refractivity contribution in [2.45, 2.75) is 121 Å². The molecule has 3 aliphatic heterocycles. The number of piperidine rings is 1. The molecule has 1 aliphatic carbocycles. The second kappa shape index (κ2) is 14.7. The largest absolute Gasteiger partial charge is 0.444 e. The molecule has 0 spiro atoms. The first-order valence-electron chi connectivity index (χ1n) is 18.5. The number of amides is 6. The Morgan fingerprint density at radius 1 is 0.942 bits per heavy atom. The fourth-order valence-corrected chi connectivity index (χ4v) is 8.55. The Balaban J connectivity index is 1.07. The van der Waals surface area contributed by atoms with Crippen LogP contribution in [-0.4, -0.2) is 91.4 Å².